The SMILES string of the molecule is Cc1cc(CC(C)C)c(=O)n(-c2cnn(C)c2)c1. The second kappa shape index (κ2) is 4.80. The molecule has 2 aromatic heterocycles. The third kappa shape index (κ3) is 2.53. The molecular formula is C14H19N3O. The number of hydrogen-bond acceptors (Lipinski definition) is 2. The lowest BCUT2D eigenvalue weighted by atomic mass is 10.0. The van der Waals surface area contributed by atoms with Crippen molar-refractivity contribution < 1.29 is 0 Å². The largest absolute Gasteiger partial charge is 0.281 e. The van der Waals surface area contributed by atoms with Crippen molar-refractivity contribution in [1.82, 2.24) is 14.3 Å². The molecule has 4 nitrogen and oxygen atoms in total. The maximum absolute atomic E-state index is 12.4. The van der Waals surface area contributed by atoms with Crippen molar-refractivity contribution in [3.63, 3.8) is 0 Å². The van der Waals surface area contributed by atoms with Gasteiger partial charge in [0.1, 0.15) is 0 Å². The summed E-state index contributed by atoms with van der Waals surface area (Å²) in [5, 5.41) is 4.11. The predicted octanol–water partition coefficient (Wildman–Crippen LogP) is 2.08. The van der Waals surface area contributed by atoms with Crippen LogP contribution in [-0.4, -0.2) is 14.3 Å². The van der Waals surface area contributed by atoms with Crippen LogP contribution in [0, 0.1) is 12.8 Å². The predicted molar refractivity (Wildman–Crippen MR) is 72.1 cm³/mol. The van der Waals surface area contributed by atoms with Crippen LogP contribution in [0.15, 0.2) is 29.5 Å². The zero-order valence-electron chi connectivity index (χ0n) is 11.3. The van der Waals surface area contributed by atoms with Gasteiger partial charge in [-0.25, -0.2) is 0 Å². The van der Waals surface area contributed by atoms with Crippen LogP contribution in [0.1, 0.15) is 25.0 Å². The average molecular weight is 245 g/mol. The number of aryl methyl sites for hydroxylation is 2. The van der Waals surface area contributed by atoms with E-state index in [1.807, 2.05) is 32.4 Å². The lowest BCUT2D eigenvalue weighted by Crippen LogP contribution is -2.23. The van der Waals surface area contributed by atoms with Gasteiger partial charge in [-0.05, 0) is 30.9 Å². The smallest absolute Gasteiger partial charge is 0.258 e. The lowest BCUT2D eigenvalue weighted by Gasteiger charge is -2.09. The molecule has 0 amide bonds. The highest BCUT2D eigenvalue weighted by Gasteiger charge is 2.09. The van der Waals surface area contributed by atoms with Gasteiger partial charge in [-0.15, -0.1) is 0 Å². The van der Waals surface area contributed by atoms with Gasteiger partial charge >= 0.3 is 0 Å². The normalized spacial score (nSPS) is 11.2. The summed E-state index contributed by atoms with van der Waals surface area (Å²) >= 11 is 0. The first-order valence-corrected chi connectivity index (χ1v) is 6.18. The molecule has 0 aliphatic rings. The number of pyridine rings is 1. The average Bonchev–Trinajstić information content (AvgIpc) is 2.69. The molecular weight excluding hydrogens is 226 g/mol. The van der Waals surface area contributed by atoms with Gasteiger partial charge in [-0.2, -0.15) is 5.10 Å². The fourth-order valence-corrected chi connectivity index (χ4v) is 2.10. The molecule has 0 aliphatic carbocycles. The van der Waals surface area contributed by atoms with Crippen molar-refractivity contribution in [3.8, 4) is 5.69 Å². The van der Waals surface area contributed by atoms with E-state index >= 15 is 0 Å². The summed E-state index contributed by atoms with van der Waals surface area (Å²) in [6, 6.07) is 1.98. The number of hydrogen-bond donors (Lipinski definition) is 0. The van der Waals surface area contributed by atoms with E-state index in [0.29, 0.717) is 5.92 Å². The van der Waals surface area contributed by atoms with E-state index in [2.05, 4.69) is 18.9 Å². The first kappa shape index (κ1) is 12.6. The van der Waals surface area contributed by atoms with Crippen LogP contribution >= 0.6 is 0 Å². The Labute approximate surface area is 107 Å². The van der Waals surface area contributed by atoms with Gasteiger partial charge in [0.05, 0.1) is 11.9 Å². The van der Waals surface area contributed by atoms with E-state index in [-0.39, 0.29) is 5.56 Å². The Hall–Kier alpha value is -1.84. The first-order chi connectivity index (χ1) is 8.47. The van der Waals surface area contributed by atoms with Crippen molar-refractivity contribution in [2.75, 3.05) is 0 Å². The molecule has 0 bridgehead atoms. The minimum atomic E-state index is 0.0577. The zero-order valence-corrected chi connectivity index (χ0v) is 11.3. The maximum Gasteiger partial charge on any atom is 0.258 e. The maximum atomic E-state index is 12.4. The molecule has 0 fully saturated rings. The second-order valence-electron chi connectivity index (χ2n) is 5.19. The van der Waals surface area contributed by atoms with Crippen LogP contribution in [-0.2, 0) is 13.5 Å². The Kier molecular flexibility index (Phi) is 3.36. The molecule has 2 aromatic rings. The van der Waals surface area contributed by atoms with Crippen molar-refractivity contribution in [2.24, 2.45) is 13.0 Å². The summed E-state index contributed by atoms with van der Waals surface area (Å²) in [5.41, 5.74) is 2.83. The Morgan fingerprint density at radius 1 is 1.33 bits per heavy atom. The Balaban J connectivity index is 2.54. The molecule has 0 unspecified atom stereocenters. The molecule has 0 saturated heterocycles. The quantitative estimate of drug-likeness (QED) is 0.830. The monoisotopic (exact) mass is 245 g/mol. The topological polar surface area (TPSA) is 39.8 Å². The van der Waals surface area contributed by atoms with Gasteiger partial charge < -0.3 is 0 Å². The molecule has 0 atom stereocenters. The fourth-order valence-electron chi connectivity index (χ4n) is 2.10. The van der Waals surface area contributed by atoms with E-state index in [1.54, 1.807) is 15.4 Å². The van der Waals surface area contributed by atoms with Crippen molar-refractivity contribution in [3.05, 3.63) is 46.1 Å². The number of aromatic nitrogens is 3. The van der Waals surface area contributed by atoms with Crippen LogP contribution in [0.4, 0.5) is 0 Å². The molecule has 0 N–H and O–H groups in total. The summed E-state index contributed by atoms with van der Waals surface area (Å²) in [5.74, 6) is 0.474. The molecule has 0 radical (unpaired) electrons. The standard InChI is InChI=1S/C14H19N3O/c1-10(2)5-12-6-11(3)8-17(14(12)18)13-7-15-16(4)9-13/h6-10H,5H2,1-4H3. The highest BCUT2D eigenvalue weighted by Crippen LogP contribution is 2.09. The highest BCUT2D eigenvalue weighted by molar-refractivity contribution is 5.30. The third-order valence-electron chi connectivity index (χ3n) is 2.83. The second-order valence-corrected chi connectivity index (χ2v) is 5.19. The van der Waals surface area contributed by atoms with E-state index in [1.165, 1.54) is 0 Å². The van der Waals surface area contributed by atoms with Crippen LogP contribution in [0.5, 0.6) is 0 Å². The molecule has 0 spiro atoms. The molecule has 0 aromatic carbocycles. The molecule has 2 rings (SSSR count). The summed E-state index contributed by atoms with van der Waals surface area (Å²) in [6.07, 6.45) is 6.23. The molecule has 4 heteroatoms. The molecule has 0 aliphatic heterocycles. The number of rotatable bonds is 3. The van der Waals surface area contributed by atoms with Gasteiger partial charge in [0.2, 0.25) is 0 Å². The minimum Gasteiger partial charge on any atom is -0.281 e. The van der Waals surface area contributed by atoms with Crippen molar-refractivity contribution >= 4 is 0 Å². The van der Waals surface area contributed by atoms with E-state index in [4.69, 9.17) is 0 Å². The van der Waals surface area contributed by atoms with E-state index in [0.717, 1.165) is 23.2 Å². The molecule has 96 valence electrons. The number of nitrogens with zero attached hydrogens (tertiary/aromatic N) is 3. The van der Waals surface area contributed by atoms with Crippen molar-refractivity contribution in [2.45, 2.75) is 27.2 Å². The van der Waals surface area contributed by atoms with Gasteiger partial charge in [0.15, 0.2) is 0 Å². The summed E-state index contributed by atoms with van der Waals surface area (Å²) in [7, 11) is 1.85. The fraction of sp³-hybridized carbons (Fsp3) is 0.429. The Bertz CT molecular complexity index is 608. The molecule has 2 heterocycles. The van der Waals surface area contributed by atoms with Gasteiger partial charge in [0.25, 0.3) is 5.56 Å². The lowest BCUT2D eigenvalue weighted by molar-refractivity contribution is 0.639. The van der Waals surface area contributed by atoms with Gasteiger partial charge in [0, 0.05) is 25.0 Å². The summed E-state index contributed by atoms with van der Waals surface area (Å²) in [4.78, 5) is 12.4. The van der Waals surface area contributed by atoms with Crippen molar-refractivity contribution in [1.29, 1.82) is 0 Å². The van der Waals surface area contributed by atoms with Gasteiger partial charge in [-0.1, -0.05) is 13.8 Å². The van der Waals surface area contributed by atoms with Crippen LogP contribution in [0.25, 0.3) is 5.69 Å². The molecule has 18 heavy (non-hydrogen) atoms. The highest BCUT2D eigenvalue weighted by atomic mass is 16.1. The Morgan fingerprint density at radius 3 is 2.61 bits per heavy atom. The first-order valence-electron chi connectivity index (χ1n) is 6.18. The minimum absolute atomic E-state index is 0.0577. The van der Waals surface area contributed by atoms with Crippen LogP contribution < -0.4 is 5.56 Å². The Morgan fingerprint density at radius 2 is 2.06 bits per heavy atom. The zero-order chi connectivity index (χ0) is 13.3. The van der Waals surface area contributed by atoms with E-state index in [9.17, 15) is 4.79 Å². The summed E-state index contributed by atoms with van der Waals surface area (Å²) < 4.78 is 3.38. The third-order valence-corrected chi connectivity index (χ3v) is 2.83. The van der Waals surface area contributed by atoms with Gasteiger partial charge in [-0.3, -0.25) is 14.0 Å². The van der Waals surface area contributed by atoms with Crippen LogP contribution in [0.2, 0.25) is 0 Å². The van der Waals surface area contributed by atoms with Crippen LogP contribution in [0.3, 0.4) is 0 Å². The van der Waals surface area contributed by atoms with E-state index < -0.39 is 0 Å². The summed E-state index contributed by atoms with van der Waals surface area (Å²) in [6.45, 7) is 6.25. The molecule has 0 saturated carbocycles.